The number of imidazole rings is 1. The number of aromatic nitrogens is 2. The molecule has 4 rings (SSSR count). The van der Waals surface area contributed by atoms with E-state index >= 15 is 0 Å². The van der Waals surface area contributed by atoms with Gasteiger partial charge >= 0.3 is 5.97 Å². The van der Waals surface area contributed by atoms with Crippen LogP contribution in [0.1, 0.15) is 52.0 Å². The van der Waals surface area contributed by atoms with E-state index < -0.39 is 29.8 Å². The number of carboxylic acids is 1. The van der Waals surface area contributed by atoms with Gasteiger partial charge in [-0.15, -0.1) is 0 Å². The highest BCUT2D eigenvalue weighted by atomic mass is 32.2. The van der Waals surface area contributed by atoms with Crippen molar-refractivity contribution in [1.29, 1.82) is 0 Å². The second-order valence-corrected chi connectivity index (χ2v) is 11.3. The van der Waals surface area contributed by atoms with Gasteiger partial charge in [0.15, 0.2) is 0 Å². The maximum absolute atomic E-state index is 14.0. The summed E-state index contributed by atoms with van der Waals surface area (Å²) >= 11 is 1.48. The van der Waals surface area contributed by atoms with E-state index in [4.69, 9.17) is 0 Å². The van der Waals surface area contributed by atoms with Crippen molar-refractivity contribution in [2.75, 3.05) is 18.6 Å². The zero-order chi connectivity index (χ0) is 31.6. The Morgan fingerprint density at radius 3 is 2.25 bits per heavy atom. The molecule has 0 saturated carbocycles. The number of nitrogens with one attached hydrogen (secondary N) is 1. The monoisotopic (exact) mass is 620 g/mol. The summed E-state index contributed by atoms with van der Waals surface area (Å²) in [5.74, 6) is -2.24. The van der Waals surface area contributed by atoms with Crippen molar-refractivity contribution < 1.29 is 28.3 Å². The van der Waals surface area contributed by atoms with Crippen LogP contribution in [-0.2, 0) is 22.6 Å². The van der Waals surface area contributed by atoms with E-state index in [1.807, 2.05) is 10.8 Å². The number of aliphatic carboxylic acids is 1. The molecule has 1 unspecified atom stereocenters. The lowest BCUT2D eigenvalue weighted by atomic mass is 9.91. The Kier molecular flexibility index (Phi) is 11.3. The average molecular weight is 621 g/mol. The first-order valence-corrected chi connectivity index (χ1v) is 15.4. The Morgan fingerprint density at radius 1 is 1.00 bits per heavy atom. The van der Waals surface area contributed by atoms with Crippen molar-refractivity contribution >= 4 is 29.5 Å². The molecule has 11 heteroatoms. The number of amides is 2. The molecule has 230 valence electrons. The molecule has 2 N–H and O–H groups in total. The van der Waals surface area contributed by atoms with Crippen LogP contribution < -0.4 is 5.32 Å². The first-order chi connectivity index (χ1) is 21.2. The molecule has 0 aliphatic carbocycles. The summed E-state index contributed by atoms with van der Waals surface area (Å²) in [5, 5.41) is 12.4. The molecule has 0 spiro atoms. The van der Waals surface area contributed by atoms with Crippen molar-refractivity contribution in [3.63, 3.8) is 0 Å². The van der Waals surface area contributed by atoms with Crippen LogP contribution in [-0.4, -0.2) is 61.9 Å². The number of hydrogen-bond acceptors (Lipinski definition) is 5. The van der Waals surface area contributed by atoms with Crippen LogP contribution in [0.3, 0.4) is 0 Å². The normalized spacial score (nSPS) is 12.4. The first kappa shape index (κ1) is 32.4. The summed E-state index contributed by atoms with van der Waals surface area (Å²) in [7, 11) is 0. The molecule has 0 aliphatic heterocycles. The van der Waals surface area contributed by atoms with Gasteiger partial charge in [-0.2, -0.15) is 11.8 Å². The lowest BCUT2D eigenvalue weighted by Crippen LogP contribution is -2.41. The van der Waals surface area contributed by atoms with E-state index in [1.165, 1.54) is 43.0 Å². The second-order valence-electron chi connectivity index (χ2n) is 10.3. The second kappa shape index (κ2) is 15.3. The number of carbonyl (C=O) groups excluding carboxylic acids is 2. The number of carbonyl (C=O) groups is 3. The predicted octanol–water partition coefficient (Wildman–Crippen LogP) is 5.33. The van der Waals surface area contributed by atoms with Crippen LogP contribution in [0.15, 0.2) is 85.5 Å². The molecule has 0 radical (unpaired) electrons. The van der Waals surface area contributed by atoms with Crippen molar-refractivity contribution in [3.8, 4) is 0 Å². The van der Waals surface area contributed by atoms with Gasteiger partial charge < -0.3 is 19.9 Å². The van der Waals surface area contributed by atoms with Gasteiger partial charge in [0.1, 0.15) is 17.7 Å². The number of thioether (sulfide) groups is 1. The van der Waals surface area contributed by atoms with Gasteiger partial charge in [0.05, 0.1) is 12.4 Å². The van der Waals surface area contributed by atoms with Crippen LogP contribution in [0.5, 0.6) is 0 Å². The number of nitrogens with zero attached hydrogens (tertiary/aromatic N) is 3. The topological polar surface area (TPSA) is 105 Å². The maximum Gasteiger partial charge on any atom is 0.326 e. The van der Waals surface area contributed by atoms with Gasteiger partial charge in [0, 0.05) is 38.0 Å². The number of benzene rings is 3. The van der Waals surface area contributed by atoms with E-state index in [0.29, 0.717) is 35.5 Å². The first-order valence-electron chi connectivity index (χ1n) is 14.0. The third-order valence-corrected chi connectivity index (χ3v) is 7.92. The minimum absolute atomic E-state index is 0.229. The molecule has 0 fully saturated rings. The molecule has 2 atom stereocenters. The number of rotatable bonds is 14. The molecule has 0 bridgehead atoms. The third-order valence-electron chi connectivity index (χ3n) is 7.28. The molecule has 1 heterocycles. The van der Waals surface area contributed by atoms with Crippen LogP contribution in [0, 0.1) is 11.6 Å². The maximum atomic E-state index is 14.0. The van der Waals surface area contributed by atoms with E-state index in [2.05, 4.69) is 10.3 Å². The van der Waals surface area contributed by atoms with Crippen LogP contribution in [0.4, 0.5) is 8.78 Å². The highest BCUT2D eigenvalue weighted by molar-refractivity contribution is 7.98. The fraction of sp³-hybridized carbons (Fsp3) is 0.273. The Labute approximate surface area is 259 Å². The van der Waals surface area contributed by atoms with Gasteiger partial charge in [-0.3, -0.25) is 9.59 Å². The Morgan fingerprint density at radius 2 is 1.66 bits per heavy atom. The standard InChI is InChI=1S/C33H34F2N4O4S/c1-22(40)39(17-16-38-15-14-36-21-38)31(24-7-11-28(35)12-8-24)26-6-5-25(19-23-3-9-27(34)10-4-23)29(20-26)32(41)37-30(33(42)43)13-18-44-2/h3-12,14-15,20-21,30-31H,13,16-19H2,1-2H3,(H,37,41)(H,42,43)/t30-,31?/m0/s1. The fourth-order valence-electron chi connectivity index (χ4n) is 4.99. The molecular weight excluding hydrogens is 586 g/mol. The third kappa shape index (κ3) is 8.53. The number of halogens is 2. The predicted molar refractivity (Wildman–Crippen MR) is 165 cm³/mol. The summed E-state index contributed by atoms with van der Waals surface area (Å²) in [6, 6.07) is 15.2. The van der Waals surface area contributed by atoms with Crippen LogP contribution in [0.2, 0.25) is 0 Å². The van der Waals surface area contributed by atoms with E-state index in [1.54, 1.807) is 66.1 Å². The summed E-state index contributed by atoms with van der Waals surface area (Å²) in [5.41, 5.74) is 2.80. The van der Waals surface area contributed by atoms with E-state index in [9.17, 15) is 28.3 Å². The molecule has 3 aromatic carbocycles. The van der Waals surface area contributed by atoms with E-state index in [-0.39, 0.29) is 30.1 Å². The highest BCUT2D eigenvalue weighted by Gasteiger charge is 2.28. The van der Waals surface area contributed by atoms with Crippen LogP contribution in [0.25, 0.3) is 0 Å². The van der Waals surface area contributed by atoms with Gasteiger partial charge in [-0.05, 0) is 77.4 Å². The van der Waals surface area contributed by atoms with Crippen molar-refractivity contribution in [2.24, 2.45) is 0 Å². The molecule has 8 nitrogen and oxygen atoms in total. The van der Waals surface area contributed by atoms with E-state index in [0.717, 1.165) is 5.56 Å². The molecule has 2 amide bonds. The van der Waals surface area contributed by atoms with Gasteiger partial charge in [-0.1, -0.05) is 36.4 Å². The SMILES string of the molecule is CSCC[C@H](NC(=O)c1cc(C(c2ccc(F)cc2)N(CCn2ccnc2)C(C)=O)ccc1Cc1ccc(F)cc1)C(=O)O. The van der Waals surface area contributed by atoms with Crippen LogP contribution >= 0.6 is 11.8 Å². The minimum Gasteiger partial charge on any atom is -0.480 e. The summed E-state index contributed by atoms with van der Waals surface area (Å²) in [6.07, 6.45) is 7.45. The van der Waals surface area contributed by atoms with Crippen molar-refractivity contribution in [1.82, 2.24) is 19.8 Å². The van der Waals surface area contributed by atoms with Crippen molar-refractivity contribution in [2.45, 2.75) is 38.4 Å². The van der Waals surface area contributed by atoms with Crippen molar-refractivity contribution in [3.05, 3.63) is 125 Å². The quantitative estimate of drug-likeness (QED) is 0.198. The molecule has 1 aromatic heterocycles. The largest absolute Gasteiger partial charge is 0.480 e. The Balaban J connectivity index is 1.79. The zero-order valence-electron chi connectivity index (χ0n) is 24.5. The minimum atomic E-state index is -1.14. The number of carboxylic acid groups (broad SMARTS) is 1. The van der Waals surface area contributed by atoms with Gasteiger partial charge in [-0.25, -0.2) is 18.6 Å². The summed E-state index contributed by atoms with van der Waals surface area (Å²) in [4.78, 5) is 44.5. The molecular formula is C33H34F2N4O4S. The molecule has 4 aromatic rings. The number of hydrogen-bond donors (Lipinski definition) is 2. The fourth-order valence-corrected chi connectivity index (χ4v) is 5.46. The summed E-state index contributed by atoms with van der Waals surface area (Å²) < 4.78 is 29.4. The lowest BCUT2D eigenvalue weighted by molar-refractivity contribution is -0.139. The zero-order valence-corrected chi connectivity index (χ0v) is 25.3. The lowest BCUT2D eigenvalue weighted by Gasteiger charge is -2.32. The molecule has 44 heavy (non-hydrogen) atoms. The average Bonchev–Trinajstić information content (AvgIpc) is 3.53. The van der Waals surface area contributed by atoms with Gasteiger partial charge in [0.2, 0.25) is 5.91 Å². The van der Waals surface area contributed by atoms with Gasteiger partial charge in [0.25, 0.3) is 5.91 Å². The Bertz CT molecular complexity index is 1560. The smallest absolute Gasteiger partial charge is 0.326 e. The highest BCUT2D eigenvalue weighted by Crippen LogP contribution is 2.31. The molecule has 0 saturated heterocycles. The summed E-state index contributed by atoms with van der Waals surface area (Å²) in [6.45, 7) is 2.19. The molecule has 0 aliphatic rings. The Hall–Kier alpha value is -4.51.